The Kier molecular flexibility index (Phi) is 5.42. The minimum atomic E-state index is -0.126. The number of hydrogen-bond acceptors (Lipinski definition) is 2. The zero-order valence-electron chi connectivity index (χ0n) is 20.5. The van der Waals surface area contributed by atoms with Gasteiger partial charge in [0.1, 0.15) is 5.60 Å². The molecule has 2 heteroatoms. The third-order valence-electron chi connectivity index (χ3n) is 11.5. The number of rotatable bonds is 5. The van der Waals surface area contributed by atoms with E-state index in [1.54, 1.807) is 0 Å². The van der Waals surface area contributed by atoms with Gasteiger partial charge in [-0.1, -0.05) is 60.3 Å². The second kappa shape index (κ2) is 7.47. The molecule has 30 heavy (non-hydrogen) atoms. The van der Waals surface area contributed by atoms with E-state index in [2.05, 4.69) is 34.6 Å². The molecule has 1 N–H and O–H groups in total. The van der Waals surface area contributed by atoms with Crippen molar-refractivity contribution < 1.29 is 9.84 Å². The van der Waals surface area contributed by atoms with Crippen LogP contribution in [0.5, 0.6) is 0 Å². The molecule has 2 nitrogen and oxygen atoms in total. The van der Waals surface area contributed by atoms with Crippen LogP contribution in [0.3, 0.4) is 0 Å². The molecule has 0 amide bonds. The minimum Gasteiger partial charge on any atom is -0.393 e. The van der Waals surface area contributed by atoms with Gasteiger partial charge in [-0.3, -0.25) is 0 Å². The summed E-state index contributed by atoms with van der Waals surface area (Å²) in [6.07, 6.45) is 16.2. The fourth-order valence-corrected chi connectivity index (χ4v) is 9.88. The maximum atomic E-state index is 10.4. The van der Waals surface area contributed by atoms with E-state index in [-0.39, 0.29) is 11.7 Å². The zero-order valence-corrected chi connectivity index (χ0v) is 20.5. The fraction of sp³-hybridized carbons (Fsp3) is 1.00. The van der Waals surface area contributed by atoms with Crippen molar-refractivity contribution in [3.63, 3.8) is 0 Å². The van der Waals surface area contributed by atoms with Crippen molar-refractivity contribution in [2.45, 2.75) is 129 Å². The predicted octanol–water partition coefficient (Wildman–Crippen LogP) is 6.99. The summed E-state index contributed by atoms with van der Waals surface area (Å²) in [7, 11) is 0. The van der Waals surface area contributed by atoms with Gasteiger partial charge in [-0.25, -0.2) is 0 Å². The van der Waals surface area contributed by atoms with Gasteiger partial charge in [0.25, 0.3) is 0 Å². The first-order valence-electron chi connectivity index (χ1n) is 13.6. The topological polar surface area (TPSA) is 32.8 Å². The fourth-order valence-electron chi connectivity index (χ4n) is 9.88. The van der Waals surface area contributed by atoms with Gasteiger partial charge in [-0.05, 0) is 85.9 Å². The van der Waals surface area contributed by atoms with Crippen LogP contribution in [0.25, 0.3) is 0 Å². The largest absolute Gasteiger partial charge is 0.393 e. The molecule has 0 radical (unpaired) electrons. The van der Waals surface area contributed by atoms with Crippen LogP contribution in [0.15, 0.2) is 0 Å². The van der Waals surface area contributed by atoms with Crippen molar-refractivity contribution in [1.82, 2.24) is 0 Å². The second-order valence-corrected chi connectivity index (χ2v) is 13.3. The maximum absolute atomic E-state index is 10.4. The number of aliphatic hydroxyl groups excluding tert-OH is 1. The molecule has 1 aliphatic heterocycles. The van der Waals surface area contributed by atoms with E-state index < -0.39 is 0 Å². The lowest BCUT2D eigenvalue weighted by Crippen LogP contribution is -2.60. The van der Waals surface area contributed by atoms with E-state index in [0.29, 0.717) is 16.9 Å². The Morgan fingerprint density at radius 3 is 2.53 bits per heavy atom. The molecule has 0 bridgehead atoms. The molecule has 1 heterocycles. The molecule has 5 rings (SSSR count). The molecule has 0 unspecified atom stereocenters. The molecule has 1 spiro atoms. The quantitative estimate of drug-likeness (QED) is 0.490. The summed E-state index contributed by atoms with van der Waals surface area (Å²) in [6.45, 7) is 12.6. The van der Waals surface area contributed by atoms with Crippen molar-refractivity contribution in [2.24, 2.45) is 46.3 Å². The Bertz CT molecular complexity index is 645. The SMILES string of the molecule is CC(C)CCC[C@H](C)[C@@H]1CCC[C@@H]2[C@@H]3C[C@@H]4O[C@]45C[C@H](O)CC[C@]5(C)[C@@H]3CC[C@]21C. The van der Waals surface area contributed by atoms with E-state index >= 15 is 0 Å². The van der Waals surface area contributed by atoms with Crippen molar-refractivity contribution in [2.75, 3.05) is 0 Å². The number of fused-ring (bicyclic) bond motifs is 4. The molecule has 4 saturated carbocycles. The van der Waals surface area contributed by atoms with E-state index in [1.165, 1.54) is 64.2 Å². The lowest BCUT2D eigenvalue weighted by atomic mass is 9.41. The smallest absolute Gasteiger partial charge is 0.103 e. The van der Waals surface area contributed by atoms with Crippen molar-refractivity contribution in [1.29, 1.82) is 0 Å². The number of hydrogen-bond donors (Lipinski definition) is 1. The molecule has 5 aliphatic rings. The van der Waals surface area contributed by atoms with Crippen LogP contribution in [-0.4, -0.2) is 22.9 Å². The van der Waals surface area contributed by atoms with E-state index in [1.807, 2.05) is 0 Å². The summed E-state index contributed by atoms with van der Waals surface area (Å²) in [4.78, 5) is 0. The molecule has 10 atom stereocenters. The van der Waals surface area contributed by atoms with E-state index in [9.17, 15) is 5.11 Å². The first kappa shape index (κ1) is 21.7. The zero-order chi connectivity index (χ0) is 21.3. The third kappa shape index (κ3) is 3.09. The summed E-state index contributed by atoms with van der Waals surface area (Å²) >= 11 is 0. The average Bonchev–Trinajstić information content (AvgIpc) is 3.38. The molecule has 0 aromatic heterocycles. The Morgan fingerprint density at radius 1 is 0.967 bits per heavy atom. The normalized spacial score (nSPS) is 53.3. The highest BCUT2D eigenvalue weighted by molar-refractivity contribution is 5.23. The van der Waals surface area contributed by atoms with E-state index in [4.69, 9.17) is 4.74 Å². The monoisotopic (exact) mass is 416 g/mol. The highest BCUT2D eigenvalue weighted by atomic mass is 16.6. The maximum Gasteiger partial charge on any atom is 0.103 e. The van der Waals surface area contributed by atoms with Gasteiger partial charge in [0.2, 0.25) is 0 Å². The van der Waals surface area contributed by atoms with Gasteiger partial charge in [-0.15, -0.1) is 0 Å². The van der Waals surface area contributed by atoms with Gasteiger partial charge < -0.3 is 9.84 Å². The molecule has 1 saturated heterocycles. The third-order valence-corrected chi connectivity index (χ3v) is 11.5. The minimum absolute atomic E-state index is 0.0395. The van der Waals surface area contributed by atoms with Crippen LogP contribution in [0, 0.1) is 46.3 Å². The number of epoxide rings is 1. The number of aliphatic hydroxyl groups is 1. The molecule has 172 valence electrons. The second-order valence-electron chi connectivity index (χ2n) is 13.3. The van der Waals surface area contributed by atoms with Gasteiger partial charge in [0, 0.05) is 11.8 Å². The van der Waals surface area contributed by atoms with Gasteiger partial charge in [0.15, 0.2) is 0 Å². The molecule has 0 aromatic carbocycles. The standard InChI is InChI=1S/C28H48O2/c1-18(2)8-6-9-19(3)22-10-7-11-23-21-16-25-28(30-25)17-20(29)12-15-27(28,5)24(21)13-14-26(22,23)4/h18-25,29H,6-17H2,1-5H3/t19-,20+,21-,22-,23+,24+,25-,26-,27+,28+/m0/s1. The van der Waals surface area contributed by atoms with E-state index in [0.717, 1.165) is 48.3 Å². The van der Waals surface area contributed by atoms with Crippen LogP contribution >= 0.6 is 0 Å². The first-order chi connectivity index (χ1) is 14.2. The molecular weight excluding hydrogens is 368 g/mol. The Balaban J connectivity index is 1.35. The summed E-state index contributed by atoms with van der Waals surface area (Å²) in [5, 5.41) is 10.4. The number of ether oxygens (including phenoxy) is 1. The van der Waals surface area contributed by atoms with Crippen molar-refractivity contribution in [3.05, 3.63) is 0 Å². The van der Waals surface area contributed by atoms with Crippen molar-refractivity contribution in [3.8, 4) is 0 Å². The highest BCUT2D eigenvalue weighted by Gasteiger charge is 2.75. The molecule has 0 aromatic rings. The summed E-state index contributed by atoms with van der Waals surface area (Å²) in [5.74, 6) is 5.27. The first-order valence-corrected chi connectivity index (χ1v) is 13.6. The molecular formula is C28H48O2. The summed E-state index contributed by atoms with van der Waals surface area (Å²) in [6, 6.07) is 0. The molecule has 5 fully saturated rings. The molecule has 4 aliphatic carbocycles. The Morgan fingerprint density at radius 2 is 1.77 bits per heavy atom. The van der Waals surface area contributed by atoms with Crippen LogP contribution in [0.2, 0.25) is 0 Å². The summed E-state index contributed by atoms with van der Waals surface area (Å²) < 4.78 is 6.54. The highest BCUT2D eigenvalue weighted by Crippen LogP contribution is 2.73. The summed E-state index contributed by atoms with van der Waals surface area (Å²) in [5.41, 5.74) is 0.908. The van der Waals surface area contributed by atoms with Crippen LogP contribution in [0.4, 0.5) is 0 Å². The van der Waals surface area contributed by atoms with Crippen LogP contribution in [0.1, 0.15) is 112 Å². The van der Waals surface area contributed by atoms with Crippen molar-refractivity contribution >= 4 is 0 Å². The van der Waals surface area contributed by atoms with Gasteiger partial charge in [0.05, 0.1) is 12.2 Å². The Hall–Kier alpha value is -0.0800. The average molecular weight is 417 g/mol. The predicted molar refractivity (Wildman–Crippen MR) is 123 cm³/mol. The van der Waals surface area contributed by atoms with Gasteiger partial charge in [-0.2, -0.15) is 0 Å². The van der Waals surface area contributed by atoms with Crippen LogP contribution < -0.4 is 0 Å². The Labute approximate surface area is 185 Å². The lowest BCUT2D eigenvalue weighted by Gasteiger charge is -2.63. The lowest BCUT2D eigenvalue weighted by molar-refractivity contribution is -0.145. The van der Waals surface area contributed by atoms with Gasteiger partial charge >= 0.3 is 0 Å². The van der Waals surface area contributed by atoms with Crippen LogP contribution in [-0.2, 0) is 4.74 Å².